The van der Waals surface area contributed by atoms with Gasteiger partial charge in [0.1, 0.15) is 0 Å². The summed E-state index contributed by atoms with van der Waals surface area (Å²) in [7, 11) is 0. The first-order valence-corrected chi connectivity index (χ1v) is 11.0. The van der Waals surface area contributed by atoms with Crippen molar-refractivity contribution in [2.75, 3.05) is 26.2 Å². The van der Waals surface area contributed by atoms with E-state index in [9.17, 15) is 9.59 Å². The Morgan fingerprint density at radius 1 is 1.21 bits per heavy atom. The van der Waals surface area contributed by atoms with Crippen LogP contribution in [0.3, 0.4) is 0 Å². The average Bonchev–Trinajstić information content (AvgIpc) is 2.67. The van der Waals surface area contributed by atoms with Gasteiger partial charge in [-0.15, -0.1) is 0 Å². The minimum absolute atomic E-state index is 0.0319. The molecule has 2 amide bonds. The number of benzene rings is 1. The predicted molar refractivity (Wildman–Crippen MR) is 109 cm³/mol. The van der Waals surface area contributed by atoms with E-state index in [1.807, 2.05) is 11.0 Å². The molecule has 2 fully saturated rings. The number of hydrogen-bond acceptors (Lipinski definition) is 4. The summed E-state index contributed by atoms with van der Waals surface area (Å²) in [4.78, 5) is 27.0. The summed E-state index contributed by atoms with van der Waals surface area (Å²) in [5.41, 5.74) is 2.08. The molecule has 6 heteroatoms. The van der Waals surface area contributed by atoms with Crippen molar-refractivity contribution in [2.24, 2.45) is 5.92 Å². The number of nitrogens with zero attached hydrogens (tertiary/aromatic N) is 1. The first-order valence-electron chi connectivity index (χ1n) is 11.0. The number of ether oxygens (including phenoxy) is 1. The van der Waals surface area contributed by atoms with Gasteiger partial charge in [-0.25, -0.2) is 0 Å². The van der Waals surface area contributed by atoms with E-state index in [0.717, 1.165) is 45.2 Å². The van der Waals surface area contributed by atoms with Crippen LogP contribution in [-0.2, 0) is 26.3 Å². The molecule has 2 N–H and O–H groups in total. The van der Waals surface area contributed by atoms with Crippen LogP contribution in [0.2, 0.25) is 0 Å². The molecule has 4 rings (SSSR count). The molecule has 2 aliphatic heterocycles. The molecule has 6 nitrogen and oxygen atoms in total. The summed E-state index contributed by atoms with van der Waals surface area (Å²) >= 11 is 0. The Bertz CT molecular complexity index is 738. The predicted octanol–water partition coefficient (Wildman–Crippen LogP) is 2.13. The van der Waals surface area contributed by atoms with Gasteiger partial charge in [0.25, 0.3) is 0 Å². The van der Waals surface area contributed by atoms with Gasteiger partial charge in [0.15, 0.2) is 0 Å². The molecule has 2 heterocycles. The lowest BCUT2D eigenvalue weighted by molar-refractivity contribution is -0.159. The zero-order valence-electron chi connectivity index (χ0n) is 17.1. The van der Waals surface area contributed by atoms with Crippen molar-refractivity contribution in [1.29, 1.82) is 0 Å². The molecule has 1 unspecified atom stereocenters. The Morgan fingerprint density at radius 3 is 2.66 bits per heavy atom. The van der Waals surface area contributed by atoms with Gasteiger partial charge in [0, 0.05) is 32.2 Å². The number of piperidine rings is 1. The zero-order valence-corrected chi connectivity index (χ0v) is 17.1. The van der Waals surface area contributed by atoms with Gasteiger partial charge in [0.2, 0.25) is 11.8 Å². The molecule has 1 spiro atoms. The lowest BCUT2D eigenvalue weighted by Crippen LogP contribution is -2.52. The molecule has 0 aromatic heterocycles. The van der Waals surface area contributed by atoms with E-state index < -0.39 is 5.60 Å². The maximum atomic E-state index is 12.6. The van der Waals surface area contributed by atoms with E-state index in [0.29, 0.717) is 25.3 Å². The average molecular weight is 401 g/mol. The van der Waals surface area contributed by atoms with Gasteiger partial charge in [0.05, 0.1) is 18.1 Å². The maximum Gasteiger partial charge on any atom is 0.225 e. The summed E-state index contributed by atoms with van der Waals surface area (Å²) in [6, 6.07) is 8.39. The van der Waals surface area contributed by atoms with Crippen LogP contribution in [0.15, 0.2) is 24.3 Å². The van der Waals surface area contributed by atoms with Crippen molar-refractivity contribution in [1.82, 2.24) is 10.2 Å². The van der Waals surface area contributed by atoms with Crippen molar-refractivity contribution in [3.63, 3.8) is 0 Å². The number of aliphatic hydroxyl groups is 1. The SMILES string of the molecule is O=C(CC1Cc2ccccc2C2(CCN(C(=O)C3CCC3)CC2)O1)NCCCO. The highest BCUT2D eigenvalue weighted by molar-refractivity contribution is 5.79. The summed E-state index contributed by atoms with van der Waals surface area (Å²) in [6.45, 7) is 2.01. The normalized spacial score (nSPS) is 23.3. The second kappa shape index (κ2) is 8.84. The first kappa shape index (κ1) is 20.4. The highest BCUT2D eigenvalue weighted by atomic mass is 16.5. The molecule has 29 heavy (non-hydrogen) atoms. The van der Waals surface area contributed by atoms with E-state index >= 15 is 0 Å². The topological polar surface area (TPSA) is 78.9 Å². The molecule has 3 aliphatic rings. The van der Waals surface area contributed by atoms with Crippen LogP contribution in [0.25, 0.3) is 0 Å². The van der Waals surface area contributed by atoms with Crippen molar-refractivity contribution in [3.8, 4) is 0 Å². The number of fused-ring (bicyclic) bond motifs is 2. The fourth-order valence-corrected chi connectivity index (χ4v) is 4.90. The van der Waals surface area contributed by atoms with Crippen LogP contribution in [0.4, 0.5) is 0 Å². The summed E-state index contributed by atoms with van der Waals surface area (Å²) in [5, 5.41) is 11.7. The second-order valence-corrected chi connectivity index (χ2v) is 8.68. The Labute approximate surface area is 172 Å². The van der Waals surface area contributed by atoms with Gasteiger partial charge in [-0.05, 0) is 49.7 Å². The number of aliphatic hydroxyl groups excluding tert-OH is 1. The van der Waals surface area contributed by atoms with Crippen LogP contribution in [0.1, 0.15) is 56.1 Å². The molecule has 0 bridgehead atoms. The number of carbonyl (C=O) groups excluding carboxylic acids is 2. The molecular weight excluding hydrogens is 368 g/mol. The summed E-state index contributed by atoms with van der Waals surface area (Å²) in [5.74, 6) is 0.518. The summed E-state index contributed by atoms with van der Waals surface area (Å²) < 4.78 is 6.60. The van der Waals surface area contributed by atoms with Gasteiger partial charge in [-0.3, -0.25) is 9.59 Å². The number of amides is 2. The molecule has 1 atom stereocenters. The number of likely N-dealkylation sites (tertiary alicyclic amines) is 1. The fourth-order valence-electron chi connectivity index (χ4n) is 4.90. The van der Waals surface area contributed by atoms with E-state index in [1.54, 1.807) is 0 Å². The van der Waals surface area contributed by atoms with Crippen molar-refractivity contribution < 1.29 is 19.4 Å². The smallest absolute Gasteiger partial charge is 0.225 e. The number of carbonyl (C=O) groups is 2. The van der Waals surface area contributed by atoms with Crippen molar-refractivity contribution >= 4 is 11.8 Å². The molecule has 1 saturated heterocycles. The zero-order chi connectivity index (χ0) is 20.3. The molecule has 1 aliphatic carbocycles. The molecule has 1 aromatic rings. The Balaban J connectivity index is 1.44. The van der Waals surface area contributed by atoms with E-state index in [4.69, 9.17) is 9.84 Å². The third-order valence-corrected chi connectivity index (χ3v) is 6.76. The molecule has 0 radical (unpaired) electrons. The minimum Gasteiger partial charge on any atom is -0.396 e. The fraction of sp³-hybridized carbons (Fsp3) is 0.652. The van der Waals surface area contributed by atoms with Crippen LogP contribution >= 0.6 is 0 Å². The first-order chi connectivity index (χ1) is 14.1. The monoisotopic (exact) mass is 400 g/mol. The maximum absolute atomic E-state index is 12.6. The van der Waals surface area contributed by atoms with Crippen LogP contribution in [-0.4, -0.2) is 54.2 Å². The Hall–Kier alpha value is -1.92. The third-order valence-electron chi connectivity index (χ3n) is 6.76. The standard InChI is InChI=1S/C23H32N2O4/c26-14-4-11-24-21(27)16-19-15-18-5-1-2-8-20(18)23(29-19)9-12-25(13-10-23)22(28)17-6-3-7-17/h1-2,5,8,17,19,26H,3-4,6-7,9-16H2,(H,24,27). The number of nitrogens with one attached hydrogen (secondary N) is 1. The number of hydrogen-bond donors (Lipinski definition) is 2. The Morgan fingerprint density at radius 2 is 1.97 bits per heavy atom. The van der Waals surface area contributed by atoms with Crippen LogP contribution < -0.4 is 5.32 Å². The quantitative estimate of drug-likeness (QED) is 0.717. The van der Waals surface area contributed by atoms with Crippen LogP contribution in [0, 0.1) is 5.92 Å². The molecule has 158 valence electrons. The lowest BCUT2D eigenvalue weighted by Gasteiger charge is -2.48. The Kier molecular flexibility index (Phi) is 6.20. The molecule has 1 aromatic carbocycles. The molecule has 1 saturated carbocycles. The summed E-state index contributed by atoms with van der Waals surface area (Å²) in [6.07, 6.45) is 6.27. The van der Waals surface area contributed by atoms with Crippen molar-refractivity contribution in [3.05, 3.63) is 35.4 Å². The van der Waals surface area contributed by atoms with E-state index in [1.165, 1.54) is 17.5 Å². The molecular formula is C23H32N2O4. The largest absolute Gasteiger partial charge is 0.396 e. The lowest BCUT2D eigenvalue weighted by atomic mass is 9.77. The highest BCUT2D eigenvalue weighted by Crippen LogP contribution is 2.44. The van der Waals surface area contributed by atoms with Gasteiger partial charge < -0.3 is 20.1 Å². The van der Waals surface area contributed by atoms with E-state index in [-0.39, 0.29) is 24.5 Å². The van der Waals surface area contributed by atoms with Gasteiger partial charge in [-0.2, -0.15) is 0 Å². The van der Waals surface area contributed by atoms with Gasteiger partial charge in [-0.1, -0.05) is 30.7 Å². The van der Waals surface area contributed by atoms with Crippen LogP contribution in [0.5, 0.6) is 0 Å². The van der Waals surface area contributed by atoms with Gasteiger partial charge >= 0.3 is 0 Å². The second-order valence-electron chi connectivity index (χ2n) is 8.68. The van der Waals surface area contributed by atoms with E-state index in [2.05, 4.69) is 23.5 Å². The number of rotatable bonds is 6. The minimum atomic E-state index is -0.402. The third kappa shape index (κ3) is 4.33. The van der Waals surface area contributed by atoms with Crippen molar-refractivity contribution in [2.45, 2.75) is 63.1 Å². The highest BCUT2D eigenvalue weighted by Gasteiger charge is 2.45.